The van der Waals surface area contributed by atoms with Crippen LogP contribution in [0.15, 0.2) is 83.8 Å². The molecule has 1 aromatic heterocycles. The van der Waals surface area contributed by atoms with Gasteiger partial charge in [-0.15, -0.1) is 0 Å². The fourth-order valence-corrected chi connectivity index (χ4v) is 4.47. The Morgan fingerprint density at radius 2 is 1.64 bits per heavy atom. The number of hydrogen-bond donors (Lipinski definition) is 0. The Morgan fingerprint density at radius 3 is 2.32 bits per heavy atom. The van der Waals surface area contributed by atoms with Crippen LogP contribution in [0.3, 0.4) is 0 Å². The van der Waals surface area contributed by atoms with Gasteiger partial charge in [0, 0.05) is 5.39 Å². The third-order valence-electron chi connectivity index (χ3n) is 4.34. The van der Waals surface area contributed by atoms with Crippen molar-refractivity contribution in [1.29, 1.82) is 0 Å². The Kier molecular flexibility index (Phi) is 5.28. The lowest BCUT2D eigenvalue weighted by Crippen LogP contribution is -2.08. The number of halogens is 1. The molecule has 1 unspecified atom stereocenters. The Labute approximate surface area is 169 Å². The van der Waals surface area contributed by atoms with E-state index in [4.69, 9.17) is 16.3 Å². The third-order valence-corrected chi connectivity index (χ3v) is 6.14. The lowest BCUT2D eigenvalue weighted by atomic mass is 10.2. The number of carbonyl (C=O) groups excluding carboxylic acids is 1. The van der Waals surface area contributed by atoms with Crippen LogP contribution < -0.4 is 4.74 Å². The maximum atomic E-state index is 13.0. The number of ether oxygens (including phenoxy) is 1. The van der Waals surface area contributed by atoms with E-state index in [1.807, 2.05) is 48.5 Å². The predicted octanol–water partition coefficient (Wildman–Crippen LogP) is 5.26. The van der Waals surface area contributed by atoms with Gasteiger partial charge in [0.15, 0.2) is 17.3 Å². The molecule has 1 atom stereocenters. The van der Waals surface area contributed by atoms with E-state index in [1.54, 1.807) is 30.3 Å². The minimum atomic E-state index is -1.56. The maximum Gasteiger partial charge on any atom is 0.167 e. The van der Waals surface area contributed by atoms with Crippen molar-refractivity contribution < 1.29 is 13.7 Å². The average Bonchev–Trinajstić information content (AvgIpc) is 3.13. The van der Waals surface area contributed by atoms with Crippen LogP contribution in [0.1, 0.15) is 16.1 Å². The van der Waals surface area contributed by atoms with Crippen molar-refractivity contribution in [2.24, 2.45) is 0 Å². The van der Waals surface area contributed by atoms with Gasteiger partial charge in [-0.05, 0) is 35.9 Å². The lowest BCUT2D eigenvalue weighted by molar-refractivity contribution is 0.111. The highest BCUT2D eigenvalue weighted by Crippen LogP contribution is 2.36. The van der Waals surface area contributed by atoms with Crippen LogP contribution in [0.5, 0.6) is 5.75 Å². The average molecular weight is 410 g/mol. The van der Waals surface area contributed by atoms with Crippen molar-refractivity contribution in [3.05, 3.63) is 95.1 Å². The smallest absolute Gasteiger partial charge is 0.167 e. The largest absolute Gasteiger partial charge is 0.487 e. The number of hydrogen-bond acceptors (Lipinski definition) is 3. The number of rotatable bonds is 6. The minimum Gasteiger partial charge on any atom is -0.487 e. The molecule has 0 saturated carbocycles. The van der Waals surface area contributed by atoms with Gasteiger partial charge >= 0.3 is 0 Å². The molecule has 4 aromatic rings. The molecule has 6 heteroatoms. The Hall–Kier alpha value is -2.89. The van der Waals surface area contributed by atoms with Gasteiger partial charge in [-0.3, -0.25) is 8.77 Å². The van der Waals surface area contributed by atoms with E-state index in [0.29, 0.717) is 45.2 Å². The molecule has 0 fully saturated rings. The van der Waals surface area contributed by atoms with E-state index in [1.165, 1.54) is 3.97 Å². The maximum absolute atomic E-state index is 13.0. The highest BCUT2D eigenvalue weighted by molar-refractivity contribution is 7.83. The van der Waals surface area contributed by atoms with E-state index < -0.39 is 11.0 Å². The molecule has 0 N–H and O–H groups in total. The molecule has 0 spiro atoms. The first-order valence-corrected chi connectivity index (χ1v) is 10.1. The number of aromatic nitrogens is 1. The summed E-state index contributed by atoms with van der Waals surface area (Å²) in [5, 5.41) is 1.01. The summed E-state index contributed by atoms with van der Waals surface area (Å²) in [4.78, 5) is 12.2. The molecule has 0 aliphatic rings. The first kappa shape index (κ1) is 18.5. The van der Waals surface area contributed by atoms with Gasteiger partial charge < -0.3 is 4.74 Å². The normalized spacial score (nSPS) is 12.0. The zero-order chi connectivity index (χ0) is 19.5. The second-order valence-electron chi connectivity index (χ2n) is 6.13. The molecule has 0 radical (unpaired) electrons. The number of aldehydes is 1. The molecule has 140 valence electrons. The van der Waals surface area contributed by atoms with Crippen LogP contribution in [-0.4, -0.2) is 14.5 Å². The molecular formula is C22H16ClNO3S. The zero-order valence-electron chi connectivity index (χ0n) is 14.7. The third kappa shape index (κ3) is 3.46. The summed E-state index contributed by atoms with van der Waals surface area (Å²) in [7, 11) is -1.56. The topological polar surface area (TPSA) is 48.3 Å². The van der Waals surface area contributed by atoms with Crippen molar-refractivity contribution in [2.75, 3.05) is 0 Å². The molecule has 0 bridgehead atoms. The Morgan fingerprint density at radius 1 is 0.964 bits per heavy atom. The number of carbonyl (C=O) groups is 1. The van der Waals surface area contributed by atoms with Gasteiger partial charge in [-0.1, -0.05) is 60.1 Å². The standard InChI is InChI=1S/C22H16ClNO3S/c23-22-19-13-17(14-25)24(28(26)18-9-5-2-6-10-18)20(19)11-12-21(22)27-15-16-7-3-1-4-8-16/h1-14H,15H2. The van der Waals surface area contributed by atoms with E-state index in [2.05, 4.69) is 0 Å². The molecule has 0 aliphatic carbocycles. The van der Waals surface area contributed by atoms with Crippen LogP contribution in [-0.2, 0) is 17.6 Å². The summed E-state index contributed by atoms with van der Waals surface area (Å²) in [6.45, 7) is 0.378. The SMILES string of the molecule is O=Cc1cc2c(Cl)c(OCc3ccccc3)ccc2n1S(=O)c1ccccc1. The highest BCUT2D eigenvalue weighted by atomic mass is 35.5. The monoisotopic (exact) mass is 409 g/mol. The van der Waals surface area contributed by atoms with E-state index in [-0.39, 0.29) is 0 Å². The first-order chi connectivity index (χ1) is 13.7. The van der Waals surface area contributed by atoms with Gasteiger partial charge in [0.2, 0.25) is 0 Å². The Bertz CT molecular complexity index is 1160. The molecular weight excluding hydrogens is 394 g/mol. The van der Waals surface area contributed by atoms with Gasteiger partial charge in [0.1, 0.15) is 12.4 Å². The molecule has 28 heavy (non-hydrogen) atoms. The van der Waals surface area contributed by atoms with E-state index in [0.717, 1.165) is 5.56 Å². The van der Waals surface area contributed by atoms with Gasteiger partial charge in [0.05, 0.1) is 21.1 Å². The van der Waals surface area contributed by atoms with Crippen molar-refractivity contribution in [3.63, 3.8) is 0 Å². The second-order valence-corrected chi connectivity index (χ2v) is 7.84. The number of benzene rings is 3. The quantitative estimate of drug-likeness (QED) is 0.408. The minimum absolute atomic E-state index is 0.291. The Balaban J connectivity index is 1.73. The molecule has 1 heterocycles. The second kappa shape index (κ2) is 8.00. The van der Waals surface area contributed by atoms with E-state index in [9.17, 15) is 9.00 Å². The highest BCUT2D eigenvalue weighted by Gasteiger charge is 2.19. The van der Waals surface area contributed by atoms with Crippen LogP contribution in [0.4, 0.5) is 0 Å². The summed E-state index contributed by atoms with van der Waals surface area (Å²) in [5.41, 5.74) is 1.93. The van der Waals surface area contributed by atoms with Gasteiger partial charge in [0.25, 0.3) is 0 Å². The summed E-state index contributed by atoms with van der Waals surface area (Å²) in [6.07, 6.45) is 0.682. The van der Waals surface area contributed by atoms with Crippen molar-refractivity contribution in [3.8, 4) is 5.75 Å². The molecule has 0 aliphatic heterocycles. The fraction of sp³-hybridized carbons (Fsp3) is 0.0455. The predicted molar refractivity (Wildman–Crippen MR) is 111 cm³/mol. The summed E-state index contributed by atoms with van der Waals surface area (Å²) in [5.74, 6) is 0.512. The molecule has 4 rings (SSSR count). The molecule has 0 amide bonds. The van der Waals surface area contributed by atoms with Crippen molar-refractivity contribution >= 4 is 39.8 Å². The molecule has 3 aromatic carbocycles. The van der Waals surface area contributed by atoms with Crippen LogP contribution in [0.25, 0.3) is 10.9 Å². The lowest BCUT2D eigenvalue weighted by Gasteiger charge is -2.10. The van der Waals surface area contributed by atoms with Gasteiger partial charge in [-0.25, -0.2) is 4.21 Å². The van der Waals surface area contributed by atoms with Gasteiger partial charge in [-0.2, -0.15) is 0 Å². The molecule has 4 nitrogen and oxygen atoms in total. The van der Waals surface area contributed by atoms with Crippen LogP contribution in [0.2, 0.25) is 5.02 Å². The van der Waals surface area contributed by atoms with Crippen LogP contribution >= 0.6 is 11.6 Å². The number of fused-ring (bicyclic) bond motifs is 1. The first-order valence-electron chi connectivity index (χ1n) is 8.62. The van der Waals surface area contributed by atoms with E-state index >= 15 is 0 Å². The zero-order valence-corrected chi connectivity index (χ0v) is 16.3. The summed E-state index contributed by atoms with van der Waals surface area (Å²) < 4.78 is 20.4. The number of nitrogens with zero attached hydrogens (tertiary/aromatic N) is 1. The summed E-state index contributed by atoms with van der Waals surface area (Å²) in [6, 6.07) is 23.9. The summed E-state index contributed by atoms with van der Waals surface area (Å²) >= 11 is 6.55. The molecule has 0 saturated heterocycles. The van der Waals surface area contributed by atoms with Crippen molar-refractivity contribution in [1.82, 2.24) is 3.97 Å². The van der Waals surface area contributed by atoms with Crippen molar-refractivity contribution in [2.45, 2.75) is 11.5 Å². The fourth-order valence-electron chi connectivity index (χ4n) is 2.98. The van der Waals surface area contributed by atoms with Crippen LogP contribution in [0, 0.1) is 0 Å².